The van der Waals surface area contributed by atoms with E-state index in [0.29, 0.717) is 5.56 Å². The fraction of sp³-hybridized carbons (Fsp3) is 0.462. The minimum absolute atomic E-state index is 0.0526. The fourth-order valence-electron chi connectivity index (χ4n) is 1.68. The second-order valence-corrected chi connectivity index (χ2v) is 6.23. The van der Waals surface area contributed by atoms with Crippen LogP contribution >= 0.6 is 0 Å². The molecule has 8 heteroatoms. The molecule has 21 heavy (non-hydrogen) atoms. The molecule has 1 unspecified atom stereocenters. The minimum atomic E-state index is -3.58. The van der Waals surface area contributed by atoms with E-state index in [1.54, 1.807) is 6.07 Å². The van der Waals surface area contributed by atoms with E-state index in [2.05, 4.69) is 4.72 Å². The first kappa shape index (κ1) is 17.6. The molecule has 0 radical (unpaired) electrons. The minimum Gasteiger partial charge on any atom is -0.478 e. The van der Waals surface area contributed by atoms with Crippen LogP contribution in [0, 0.1) is 0 Å². The Labute approximate surface area is 123 Å². The molecule has 2 N–H and O–H groups in total. The summed E-state index contributed by atoms with van der Waals surface area (Å²) in [5, 5.41) is 8.88. The predicted molar refractivity (Wildman–Crippen MR) is 76.7 cm³/mol. The van der Waals surface area contributed by atoms with Crippen molar-refractivity contribution < 1.29 is 27.8 Å². The lowest BCUT2D eigenvalue weighted by atomic mass is 10.1. The van der Waals surface area contributed by atoms with E-state index in [1.807, 2.05) is 0 Å². The van der Waals surface area contributed by atoms with Gasteiger partial charge in [0.15, 0.2) is 0 Å². The largest absolute Gasteiger partial charge is 0.478 e. The molecule has 0 bridgehead atoms. The summed E-state index contributed by atoms with van der Waals surface area (Å²) in [4.78, 5) is 10.8. The molecule has 0 aliphatic rings. The second-order valence-electron chi connectivity index (χ2n) is 4.43. The highest BCUT2D eigenvalue weighted by molar-refractivity contribution is 7.88. The average Bonchev–Trinajstić information content (AvgIpc) is 2.43. The Bertz CT molecular complexity index is 572. The van der Waals surface area contributed by atoms with Crippen LogP contribution in [0.4, 0.5) is 0 Å². The van der Waals surface area contributed by atoms with Gasteiger partial charge in [-0.05, 0) is 17.7 Å². The molecular formula is C13H19NO6S. The van der Waals surface area contributed by atoms with E-state index in [1.165, 1.54) is 32.4 Å². The number of nitrogens with one attached hydrogen (secondary N) is 1. The molecule has 118 valence electrons. The SMILES string of the molecule is COCC(CNS(=O)(=O)Cc1cccc(C(=O)O)c1)OC. The van der Waals surface area contributed by atoms with Crippen LogP contribution in [0.15, 0.2) is 24.3 Å². The molecule has 0 aromatic heterocycles. The lowest BCUT2D eigenvalue weighted by Gasteiger charge is -2.15. The van der Waals surface area contributed by atoms with Gasteiger partial charge in [0.2, 0.25) is 10.0 Å². The number of ether oxygens (including phenoxy) is 2. The quantitative estimate of drug-likeness (QED) is 0.686. The number of aromatic carboxylic acids is 1. The van der Waals surface area contributed by atoms with E-state index < -0.39 is 16.0 Å². The van der Waals surface area contributed by atoms with Gasteiger partial charge in [-0.1, -0.05) is 12.1 Å². The second kappa shape index (κ2) is 8.08. The Balaban J connectivity index is 2.67. The maximum absolute atomic E-state index is 12.0. The predicted octanol–water partition coefficient (Wildman–Crippen LogP) is 0.466. The molecule has 0 fully saturated rings. The van der Waals surface area contributed by atoms with E-state index >= 15 is 0 Å². The van der Waals surface area contributed by atoms with Gasteiger partial charge in [0.1, 0.15) is 0 Å². The number of carboxylic acid groups (broad SMARTS) is 1. The summed E-state index contributed by atoms with van der Waals surface area (Å²) in [6, 6.07) is 5.82. The Morgan fingerprint density at radius 3 is 2.67 bits per heavy atom. The molecule has 1 rings (SSSR count). The van der Waals surface area contributed by atoms with Crippen molar-refractivity contribution in [2.24, 2.45) is 0 Å². The van der Waals surface area contributed by atoms with Crippen LogP contribution < -0.4 is 4.72 Å². The molecule has 0 spiro atoms. The lowest BCUT2D eigenvalue weighted by molar-refractivity contribution is 0.0320. The van der Waals surface area contributed by atoms with Crippen molar-refractivity contribution >= 4 is 16.0 Å². The van der Waals surface area contributed by atoms with Gasteiger partial charge < -0.3 is 14.6 Å². The van der Waals surface area contributed by atoms with Crippen LogP contribution in [0.1, 0.15) is 15.9 Å². The molecule has 0 aliphatic heterocycles. The van der Waals surface area contributed by atoms with Gasteiger partial charge >= 0.3 is 5.97 Å². The van der Waals surface area contributed by atoms with Crippen LogP contribution in [-0.4, -0.2) is 53.0 Å². The Kier molecular flexibility index (Phi) is 6.76. The number of rotatable bonds is 9. The number of methoxy groups -OCH3 is 2. The Morgan fingerprint density at radius 1 is 1.38 bits per heavy atom. The van der Waals surface area contributed by atoms with Gasteiger partial charge in [-0.2, -0.15) is 0 Å². The Hall–Kier alpha value is -1.48. The van der Waals surface area contributed by atoms with Gasteiger partial charge in [-0.25, -0.2) is 17.9 Å². The molecule has 1 atom stereocenters. The van der Waals surface area contributed by atoms with Gasteiger partial charge in [0, 0.05) is 20.8 Å². The van der Waals surface area contributed by atoms with Gasteiger partial charge in [0.25, 0.3) is 0 Å². The molecular weight excluding hydrogens is 298 g/mol. The van der Waals surface area contributed by atoms with E-state index in [4.69, 9.17) is 14.6 Å². The summed E-state index contributed by atoms with van der Waals surface area (Å²) in [6.45, 7) is 0.360. The summed E-state index contributed by atoms with van der Waals surface area (Å²) in [7, 11) is -0.615. The maximum Gasteiger partial charge on any atom is 0.335 e. The first-order valence-corrected chi connectivity index (χ1v) is 7.84. The highest BCUT2D eigenvalue weighted by Crippen LogP contribution is 2.09. The topological polar surface area (TPSA) is 102 Å². The first-order valence-electron chi connectivity index (χ1n) is 6.19. The van der Waals surface area contributed by atoms with E-state index in [9.17, 15) is 13.2 Å². The van der Waals surface area contributed by atoms with E-state index in [-0.39, 0.29) is 30.6 Å². The van der Waals surface area contributed by atoms with Crippen molar-refractivity contribution in [1.82, 2.24) is 4.72 Å². The third kappa shape index (κ3) is 6.21. The zero-order valence-electron chi connectivity index (χ0n) is 11.9. The van der Waals surface area contributed by atoms with Crippen LogP contribution in [0.5, 0.6) is 0 Å². The molecule has 0 aliphatic carbocycles. The molecule has 0 amide bonds. The molecule has 0 heterocycles. The van der Waals surface area contributed by atoms with Crippen molar-refractivity contribution in [2.75, 3.05) is 27.4 Å². The van der Waals surface area contributed by atoms with Gasteiger partial charge in [-0.3, -0.25) is 0 Å². The van der Waals surface area contributed by atoms with Crippen molar-refractivity contribution in [3.8, 4) is 0 Å². The lowest BCUT2D eigenvalue weighted by Crippen LogP contribution is -2.36. The van der Waals surface area contributed by atoms with Crippen molar-refractivity contribution in [3.63, 3.8) is 0 Å². The molecule has 1 aromatic carbocycles. The number of sulfonamides is 1. The summed E-state index contributed by atoms with van der Waals surface area (Å²) < 4.78 is 36.3. The van der Waals surface area contributed by atoms with Crippen LogP contribution in [0.3, 0.4) is 0 Å². The zero-order valence-corrected chi connectivity index (χ0v) is 12.7. The third-order valence-electron chi connectivity index (χ3n) is 2.75. The van der Waals surface area contributed by atoms with Crippen molar-refractivity contribution in [2.45, 2.75) is 11.9 Å². The molecule has 1 aromatic rings. The van der Waals surface area contributed by atoms with Crippen molar-refractivity contribution in [1.29, 1.82) is 0 Å². The van der Waals surface area contributed by atoms with Crippen LogP contribution in [-0.2, 0) is 25.2 Å². The summed E-state index contributed by atoms with van der Waals surface area (Å²) >= 11 is 0. The standard InChI is InChI=1S/C13H19NO6S/c1-19-8-12(20-2)7-14-21(17,18)9-10-4-3-5-11(6-10)13(15)16/h3-6,12,14H,7-9H2,1-2H3,(H,15,16). The number of benzene rings is 1. The number of carbonyl (C=O) groups is 1. The van der Waals surface area contributed by atoms with E-state index in [0.717, 1.165) is 0 Å². The third-order valence-corrected chi connectivity index (χ3v) is 4.07. The highest BCUT2D eigenvalue weighted by atomic mass is 32.2. The molecule has 7 nitrogen and oxygen atoms in total. The Morgan fingerprint density at radius 2 is 2.10 bits per heavy atom. The van der Waals surface area contributed by atoms with Crippen LogP contribution in [0.2, 0.25) is 0 Å². The average molecular weight is 317 g/mol. The fourth-order valence-corrected chi connectivity index (χ4v) is 2.84. The van der Waals surface area contributed by atoms with Crippen LogP contribution in [0.25, 0.3) is 0 Å². The summed E-state index contributed by atoms with van der Waals surface area (Å²) in [5.74, 6) is -1.39. The zero-order chi connectivity index (χ0) is 15.9. The normalized spacial score (nSPS) is 13.0. The molecule has 0 saturated carbocycles. The summed E-state index contributed by atoms with van der Waals surface area (Å²) in [5.41, 5.74) is 0.458. The monoisotopic (exact) mass is 317 g/mol. The highest BCUT2D eigenvalue weighted by Gasteiger charge is 2.16. The number of hydrogen-bond donors (Lipinski definition) is 2. The summed E-state index contributed by atoms with van der Waals surface area (Å²) in [6.07, 6.45) is -0.380. The smallest absolute Gasteiger partial charge is 0.335 e. The van der Waals surface area contributed by atoms with Gasteiger partial charge in [0.05, 0.1) is 24.0 Å². The first-order chi connectivity index (χ1) is 9.88. The van der Waals surface area contributed by atoms with Crippen molar-refractivity contribution in [3.05, 3.63) is 35.4 Å². The number of carboxylic acids is 1. The number of hydrogen-bond acceptors (Lipinski definition) is 5. The molecule has 0 saturated heterocycles. The maximum atomic E-state index is 12.0. The van der Waals surface area contributed by atoms with Gasteiger partial charge in [-0.15, -0.1) is 0 Å².